The summed E-state index contributed by atoms with van der Waals surface area (Å²) < 4.78 is 20.1. The molecular weight excluding hydrogens is 421 g/mol. The Kier molecular flexibility index (Phi) is 5.48. The van der Waals surface area contributed by atoms with Gasteiger partial charge in [-0.2, -0.15) is 0 Å². The lowest BCUT2D eigenvalue weighted by Crippen LogP contribution is -2.29. The smallest absolute Gasteiger partial charge is 0.300 e. The summed E-state index contributed by atoms with van der Waals surface area (Å²) in [5, 5.41) is 11.3. The number of ether oxygens (including phenoxy) is 1. The SMILES string of the molecule is COc1cccc(N2C(=O)C(=O)/C(=C(/O)c3cccc(Cl)c3)C2c2ccccc2F)c1. The third kappa shape index (κ3) is 3.66. The zero-order chi connectivity index (χ0) is 22.1. The molecule has 0 aromatic heterocycles. The lowest BCUT2D eigenvalue weighted by Gasteiger charge is -2.26. The molecule has 1 saturated heterocycles. The maximum absolute atomic E-state index is 14.8. The van der Waals surface area contributed by atoms with Crippen molar-refractivity contribution in [3.8, 4) is 5.75 Å². The standard InChI is InChI=1S/C24H17ClFNO4/c1-31-17-9-5-8-16(13-17)27-21(18-10-2-3-11-19(18)26)20(23(29)24(27)30)22(28)14-6-4-7-15(25)12-14/h2-13,21,28H,1H3/b22-20+. The van der Waals surface area contributed by atoms with E-state index in [1.54, 1.807) is 48.5 Å². The Bertz CT molecular complexity index is 1220. The fraction of sp³-hybridized carbons (Fsp3) is 0.0833. The predicted molar refractivity (Wildman–Crippen MR) is 116 cm³/mol. The van der Waals surface area contributed by atoms with Crippen LogP contribution < -0.4 is 9.64 Å². The van der Waals surface area contributed by atoms with Crippen LogP contribution in [0.4, 0.5) is 10.1 Å². The molecule has 0 spiro atoms. The second-order valence-electron chi connectivity index (χ2n) is 6.90. The molecule has 1 fully saturated rings. The van der Waals surface area contributed by atoms with Crippen molar-refractivity contribution in [2.75, 3.05) is 12.0 Å². The first kappa shape index (κ1) is 20.6. The number of hydrogen-bond acceptors (Lipinski definition) is 4. The topological polar surface area (TPSA) is 66.8 Å². The summed E-state index contributed by atoms with van der Waals surface area (Å²) in [6.07, 6.45) is 0. The highest BCUT2D eigenvalue weighted by molar-refractivity contribution is 6.51. The Morgan fingerprint density at radius 1 is 1.03 bits per heavy atom. The van der Waals surface area contributed by atoms with Gasteiger partial charge in [-0.3, -0.25) is 14.5 Å². The monoisotopic (exact) mass is 437 g/mol. The van der Waals surface area contributed by atoms with E-state index in [0.29, 0.717) is 16.5 Å². The Morgan fingerprint density at radius 3 is 2.48 bits per heavy atom. The van der Waals surface area contributed by atoms with Crippen LogP contribution in [0.5, 0.6) is 5.75 Å². The van der Waals surface area contributed by atoms with E-state index >= 15 is 0 Å². The Labute approximate surface area is 182 Å². The van der Waals surface area contributed by atoms with E-state index in [0.717, 1.165) is 0 Å². The van der Waals surface area contributed by atoms with Crippen LogP contribution in [-0.2, 0) is 9.59 Å². The molecule has 0 radical (unpaired) electrons. The molecule has 3 aromatic rings. The van der Waals surface area contributed by atoms with Crippen LogP contribution in [0.3, 0.4) is 0 Å². The third-order valence-corrected chi connectivity index (χ3v) is 5.31. The number of methoxy groups -OCH3 is 1. The van der Waals surface area contributed by atoms with Gasteiger partial charge in [-0.15, -0.1) is 0 Å². The second kappa shape index (κ2) is 8.24. The lowest BCUT2D eigenvalue weighted by molar-refractivity contribution is -0.132. The summed E-state index contributed by atoms with van der Waals surface area (Å²) in [6.45, 7) is 0. The first-order valence-corrected chi connectivity index (χ1v) is 9.75. The molecule has 1 atom stereocenters. The van der Waals surface area contributed by atoms with Crippen molar-refractivity contribution in [2.24, 2.45) is 0 Å². The highest BCUT2D eigenvalue weighted by atomic mass is 35.5. The molecule has 1 unspecified atom stereocenters. The number of rotatable bonds is 4. The Balaban J connectivity index is 1.98. The number of carbonyl (C=O) groups is 2. The van der Waals surface area contributed by atoms with E-state index < -0.39 is 29.3 Å². The van der Waals surface area contributed by atoms with Gasteiger partial charge in [0.05, 0.1) is 18.7 Å². The number of anilines is 1. The van der Waals surface area contributed by atoms with Crippen molar-refractivity contribution >= 4 is 34.7 Å². The highest BCUT2D eigenvalue weighted by Crippen LogP contribution is 2.43. The minimum Gasteiger partial charge on any atom is -0.507 e. The van der Waals surface area contributed by atoms with Crippen molar-refractivity contribution in [1.29, 1.82) is 0 Å². The number of Topliss-reactive ketones (excluding diaryl/α,β-unsaturated/α-hetero) is 1. The molecule has 0 saturated carbocycles. The first-order chi connectivity index (χ1) is 14.9. The van der Waals surface area contributed by atoms with Gasteiger partial charge in [0.1, 0.15) is 17.3 Å². The minimum atomic E-state index is -1.17. The van der Waals surface area contributed by atoms with Gasteiger partial charge in [0.2, 0.25) is 0 Å². The third-order valence-electron chi connectivity index (χ3n) is 5.07. The summed E-state index contributed by atoms with van der Waals surface area (Å²) in [5.74, 6) is -2.39. The van der Waals surface area contributed by atoms with Gasteiger partial charge in [0.15, 0.2) is 0 Å². The van der Waals surface area contributed by atoms with Crippen LogP contribution in [0.25, 0.3) is 5.76 Å². The number of nitrogens with zero attached hydrogens (tertiary/aromatic N) is 1. The zero-order valence-electron chi connectivity index (χ0n) is 16.4. The van der Waals surface area contributed by atoms with Gasteiger partial charge in [-0.25, -0.2) is 4.39 Å². The number of aliphatic hydroxyl groups excluding tert-OH is 1. The van der Waals surface area contributed by atoms with Gasteiger partial charge >= 0.3 is 0 Å². The maximum Gasteiger partial charge on any atom is 0.300 e. The zero-order valence-corrected chi connectivity index (χ0v) is 17.1. The van der Waals surface area contributed by atoms with Gasteiger partial charge in [-0.1, -0.05) is 48.0 Å². The Morgan fingerprint density at radius 2 is 1.77 bits per heavy atom. The molecule has 1 heterocycles. The summed E-state index contributed by atoms with van der Waals surface area (Å²) in [6, 6.07) is 17.4. The highest BCUT2D eigenvalue weighted by Gasteiger charge is 2.47. The predicted octanol–water partition coefficient (Wildman–Crippen LogP) is 5.11. The van der Waals surface area contributed by atoms with Crippen LogP contribution in [0.2, 0.25) is 5.02 Å². The molecule has 5 nitrogen and oxygen atoms in total. The van der Waals surface area contributed by atoms with Gasteiger partial charge in [0.25, 0.3) is 11.7 Å². The Hall–Kier alpha value is -3.64. The van der Waals surface area contributed by atoms with E-state index in [9.17, 15) is 19.1 Å². The molecule has 1 N–H and O–H groups in total. The summed E-state index contributed by atoms with van der Waals surface area (Å²) in [4.78, 5) is 27.3. The van der Waals surface area contributed by atoms with Crippen LogP contribution in [0.1, 0.15) is 17.2 Å². The number of benzene rings is 3. The molecule has 7 heteroatoms. The number of carbonyl (C=O) groups excluding carboxylic acids is 2. The van der Waals surface area contributed by atoms with Crippen molar-refractivity contribution < 1.29 is 23.8 Å². The largest absolute Gasteiger partial charge is 0.507 e. The molecule has 3 aromatic carbocycles. The summed E-state index contributed by atoms with van der Waals surface area (Å²) >= 11 is 6.03. The molecule has 4 rings (SSSR count). The van der Waals surface area contributed by atoms with Crippen molar-refractivity contribution in [3.05, 3.63) is 100 Å². The quantitative estimate of drug-likeness (QED) is 0.350. The van der Waals surface area contributed by atoms with Gasteiger partial charge in [-0.05, 0) is 30.3 Å². The van der Waals surface area contributed by atoms with E-state index in [2.05, 4.69) is 0 Å². The van der Waals surface area contributed by atoms with E-state index in [4.69, 9.17) is 16.3 Å². The van der Waals surface area contributed by atoms with E-state index in [1.807, 2.05) is 0 Å². The van der Waals surface area contributed by atoms with Crippen molar-refractivity contribution in [3.63, 3.8) is 0 Å². The van der Waals surface area contributed by atoms with Crippen LogP contribution in [0, 0.1) is 5.82 Å². The number of aliphatic hydroxyl groups is 1. The maximum atomic E-state index is 14.8. The normalized spacial score (nSPS) is 17.8. The number of amides is 1. The minimum absolute atomic E-state index is 0.0769. The average Bonchev–Trinajstić information content (AvgIpc) is 3.04. The average molecular weight is 438 g/mol. The molecule has 1 amide bonds. The van der Waals surface area contributed by atoms with Crippen LogP contribution in [0.15, 0.2) is 78.4 Å². The van der Waals surface area contributed by atoms with E-state index in [-0.39, 0.29) is 16.7 Å². The number of ketones is 1. The molecule has 0 bridgehead atoms. The number of hydrogen-bond donors (Lipinski definition) is 1. The van der Waals surface area contributed by atoms with Crippen LogP contribution >= 0.6 is 11.6 Å². The van der Waals surface area contributed by atoms with Crippen LogP contribution in [-0.4, -0.2) is 23.9 Å². The molecule has 1 aliphatic rings. The fourth-order valence-corrected chi connectivity index (χ4v) is 3.83. The number of halogens is 2. The van der Waals surface area contributed by atoms with Gasteiger partial charge < -0.3 is 9.84 Å². The van der Waals surface area contributed by atoms with Crippen molar-refractivity contribution in [2.45, 2.75) is 6.04 Å². The van der Waals surface area contributed by atoms with Crippen molar-refractivity contribution in [1.82, 2.24) is 0 Å². The summed E-state index contributed by atoms with van der Waals surface area (Å²) in [7, 11) is 1.47. The second-order valence-corrected chi connectivity index (χ2v) is 7.34. The molecule has 1 aliphatic heterocycles. The van der Waals surface area contributed by atoms with Gasteiger partial charge in [0, 0.05) is 27.9 Å². The molecule has 156 valence electrons. The molecule has 0 aliphatic carbocycles. The van der Waals surface area contributed by atoms with E-state index in [1.165, 1.54) is 36.3 Å². The molecular formula is C24H17ClFNO4. The first-order valence-electron chi connectivity index (χ1n) is 9.38. The fourth-order valence-electron chi connectivity index (χ4n) is 3.64. The lowest BCUT2D eigenvalue weighted by atomic mass is 9.94. The molecule has 31 heavy (non-hydrogen) atoms. The summed E-state index contributed by atoms with van der Waals surface area (Å²) in [5.41, 5.74) is 0.436.